The molecule has 2 aliphatic heterocycles. The van der Waals surface area contributed by atoms with E-state index in [-0.39, 0.29) is 31.8 Å². The SMILES string of the molecule is C.CC(C)OC(=O)OC(=O)/C=C/CN(C)C.CN(C)C/C=C/C(=O)N1CCC(CCC2CCC(Nc3ncc(Cl)c(-c4c[nH]c5ccccc45)n3)CC2)CC1.Cl.Clc1cnc(NC2CCC(CCC3CCNCC3)CC2)nc1-c1c[nH]c2ccccc12. The largest absolute Gasteiger partial charge is 0.516 e. The number of aromatic amines is 2. The number of esters is 1. The van der Waals surface area contributed by atoms with Crippen molar-refractivity contribution in [3.05, 3.63) is 108 Å². The smallest absolute Gasteiger partial charge is 0.431 e. The average molecular weight is 1250 g/mol. The molecule has 0 atom stereocenters. The van der Waals surface area contributed by atoms with E-state index in [9.17, 15) is 14.4 Å². The molecule has 2 saturated heterocycles. The van der Waals surface area contributed by atoms with Gasteiger partial charge in [-0.15, -0.1) is 12.4 Å². The van der Waals surface area contributed by atoms with Gasteiger partial charge in [0.05, 0.1) is 39.9 Å². The molecule has 4 aromatic heterocycles. The molecular weight excluding hydrogens is 1160 g/mol. The summed E-state index contributed by atoms with van der Waals surface area (Å²) < 4.78 is 8.96. The second kappa shape index (κ2) is 35.8. The maximum Gasteiger partial charge on any atom is 0.516 e. The van der Waals surface area contributed by atoms with Crippen LogP contribution in [0.5, 0.6) is 0 Å². The van der Waals surface area contributed by atoms with Gasteiger partial charge in [0.15, 0.2) is 0 Å². The Bertz CT molecular complexity index is 3120. The lowest BCUT2D eigenvalue weighted by atomic mass is 9.80. The van der Waals surface area contributed by atoms with E-state index < -0.39 is 12.1 Å². The lowest BCUT2D eigenvalue weighted by Crippen LogP contribution is -2.37. The molecule has 6 aromatic rings. The Morgan fingerprint density at radius 1 is 0.632 bits per heavy atom. The predicted molar refractivity (Wildman–Crippen MR) is 358 cm³/mol. The minimum Gasteiger partial charge on any atom is -0.431 e. The Kier molecular flexibility index (Phi) is 28.8. The number of carbonyl (C=O) groups excluding carboxylic acids is 3. The van der Waals surface area contributed by atoms with Crippen molar-refractivity contribution in [2.24, 2.45) is 23.7 Å². The maximum absolute atomic E-state index is 12.4. The van der Waals surface area contributed by atoms with E-state index in [0.717, 1.165) is 113 Å². The third kappa shape index (κ3) is 22.2. The highest BCUT2D eigenvalue weighted by Gasteiger charge is 2.27. The zero-order valence-electron chi connectivity index (χ0n) is 51.2. The van der Waals surface area contributed by atoms with Crippen molar-refractivity contribution in [2.45, 2.75) is 142 Å². The molecule has 0 unspecified atom stereocenters. The minimum absolute atomic E-state index is 0. The zero-order chi connectivity index (χ0) is 60.1. The van der Waals surface area contributed by atoms with Gasteiger partial charge in [-0.25, -0.2) is 29.5 Å². The first kappa shape index (κ1) is 70.0. The number of para-hydroxylation sites is 2. The normalized spacial score (nSPS) is 19.3. The van der Waals surface area contributed by atoms with Crippen molar-refractivity contribution in [3.63, 3.8) is 0 Å². The highest BCUT2D eigenvalue weighted by Crippen LogP contribution is 2.37. The van der Waals surface area contributed by atoms with Gasteiger partial charge >= 0.3 is 12.1 Å². The molecule has 2 saturated carbocycles. The number of benzene rings is 2. The molecule has 20 heteroatoms. The van der Waals surface area contributed by atoms with Crippen molar-refractivity contribution >= 4 is 87.3 Å². The summed E-state index contributed by atoms with van der Waals surface area (Å²) in [5.74, 6) is 4.17. The molecule has 5 N–H and O–H groups in total. The first-order valence-electron chi connectivity index (χ1n) is 30.9. The Morgan fingerprint density at radius 3 is 1.51 bits per heavy atom. The number of aromatic nitrogens is 6. The second-order valence-corrected chi connectivity index (χ2v) is 25.1. The minimum atomic E-state index is -0.968. The monoisotopic (exact) mass is 1250 g/mol. The van der Waals surface area contributed by atoms with Gasteiger partial charge < -0.3 is 50.1 Å². The Morgan fingerprint density at radius 2 is 1.06 bits per heavy atom. The number of ether oxygens (including phenoxy) is 2. The summed E-state index contributed by atoms with van der Waals surface area (Å²) in [5, 5.41) is 14.0. The number of hydrogen-bond donors (Lipinski definition) is 5. The van der Waals surface area contributed by atoms with Gasteiger partial charge in [0.25, 0.3) is 0 Å². The summed E-state index contributed by atoms with van der Waals surface area (Å²) in [7, 11) is 7.75. The number of H-pyrrole nitrogens is 2. The number of nitrogens with one attached hydrogen (secondary N) is 5. The number of amides is 1. The fourth-order valence-electron chi connectivity index (χ4n) is 12.1. The van der Waals surface area contributed by atoms with Crippen LogP contribution in [0, 0.1) is 23.7 Å². The van der Waals surface area contributed by atoms with Gasteiger partial charge in [-0.1, -0.05) is 105 Å². The van der Waals surface area contributed by atoms with Crippen LogP contribution in [-0.2, 0) is 19.1 Å². The fraction of sp³-hybridized carbons (Fsp3) is 0.537. The number of halogens is 3. The number of nitrogens with zero attached hydrogens (tertiary/aromatic N) is 7. The summed E-state index contributed by atoms with van der Waals surface area (Å²) >= 11 is 13.0. The van der Waals surface area contributed by atoms with Crippen LogP contribution in [-0.4, -0.2) is 148 Å². The number of fused-ring (bicyclic) bond motifs is 2. The van der Waals surface area contributed by atoms with Crippen LogP contribution in [0.15, 0.2) is 97.6 Å². The van der Waals surface area contributed by atoms with E-state index in [0.29, 0.717) is 40.6 Å². The lowest BCUT2D eigenvalue weighted by Gasteiger charge is -2.33. The lowest BCUT2D eigenvalue weighted by molar-refractivity contribution is -0.134. The molecule has 0 spiro atoms. The third-order valence-corrected chi connectivity index (χ3v) is 17.4. The first-order chi connectivity index (χ1) is 41.1. The van der Waals surface area contributed by atoms with E-state index in [1.165, 1.54) is 96.2 Å². The van der Waals surface area contributed by atoms with Crippen molar-refractivity contribution in [1.29, 1.82) is 0 Å². The van der Waals surface area contributed by atoms with Crippen LogP contribution in [0.4, 0.5) is 16.7 Å². The Labute approximate surface area is 532 Å². The van der Waals surface area contributed by atoms with E-state index in [2.05, 4.69) is 74.5 Å². The molecule has 6 heterocycles. The van der Waals surface area contributed by atoms with Crippen LogP contribution >= 0.6 is 35.6 Å². The molecule has 87 heavy (non-hydrogen) atoms. The average Bonchev–Trinajstić information content (AvgIpc) is 3.78. The van der Waals surface area contributed by atoms with Gasteiger partial charge in [0, 0.05) is 95.7 Å². The second-order valence-electron chi connectivity index (χ2n) is 24.3. The first-order valence-corrected chi connectivity index (χ1v) is 31.6. The maximum atomic E-state index is 12.4. The van der Waals surface area contributed by atoms with E-state index in [4.69, 9.17) is 33.2 Å². The molecule has 17 nitrogen and oxygen atoms in total. The number of rotatable bonds is 19. The van der Waals surface area contributed by atoms with Crippen molar-refractivity contribution in [2.75, 3.05) is 78.1 Å². The summed E-state index contributed by atoms with van der Waals surface area (Å²) in [6, 6.07) is 17.3. The van der Waals surface area contributed by atoms with E-state index >= 15 is 0 Å². The number of likely N-dealkylation sites (N-methyl/N-ethyl adjacent to an activating group) is 2. The highest BCUT2D eigenvalue weighted by molar-refractivity contribution is 6.33. The predicted octanol–water partition coefficient (Wildman–Crippen LogP) is 14.7. The Hall–Kier alpha value is -6.08. The van der Waals surface area contributed by atoms with Gasteiger partial charge in [0.1, 0.15) is 0 Å². The zero-order valence-corrected chi connectivity index (χ0v) is 53.5. The van der Waals surface area contributed by atoms with Crippen molar-refractivity contribution in [1.82, 2.24) is 49.9 Å². The van der Waals surface area contributed by atoms with Crippen LogP contribution in [0.25, 0.3) is 44.3 Å². The molecule has 1 amide bonds. The Balaban J connectivity index is 0.000000225. The quantitative estimate of drug-likeness (QED) is 0.0291. The van der Waals surface area contributed by atoms with Gasteiger partial charge in [0.2, 0.25) is 17.8 Å². The summed E-state index contributed by atoms with van der Waals surface area (Å²) in [5.41, 5.74) is 5.73. The molecule has 10 rings (SSSR count). The molecule has 4 fully saturated rings. The molecule has 0 radical (unpaired) electrons. The molecule has 474 valence electrons. The number of anilines is 2. The van der Waals surface area contributed by atoms with Crippen molar-refractivity contribution in [3.8, 4) is 22.5 Å². The molecule has 0 bridgehead atoms. The van der Waals surface area contributed by atoms with Crippen LogP contribution in [0.1, 0.15) is 124 Å². The standard InChI is InChI=1S/C31H41ClN6O.C25H32ClN5.C10H17NO4.CH4.ClH/c1-37(2)17-5-8-29(39)38-18-15-23(16-19-38)10-9-22-11-13-24(14-12-22)35-31-34-21-27(32)30(36-31)26-20-33-28-7-4-3-6-25(26)28;26-22-16-29-25(31-24(22)21-15-28-23-4-2-1-3-20(21)23)30-19-9-7-17(8-10-19)5-6-18-11-13-27-14-12-18;1-8(2)14-10(13)15-9(12)6-5-7-11(3)4;;/h3-8,20-24,33H,9-19H2,1-2H3,(H,34,35,36);1-4,15-19,27-28H,5-14H2,(H,29,30,31);5-6,8H,7H2,1-4H3;1H4;1H/b8-5+;;6-5+;;. The highest BCUT2D eigenvalue weighted by atomic mass is 35.5. The van der Waals surface area contributed by atoms with E-state index in [1.807, 2.05) is 80.7 Å². The number of carbonyl (C=O) groups is 3. The van der Waals surface area contributed by atoms with Crippen molar-refractivity contribution < 1.29 is 23.9 Å². The summed E-state index contributed by atoms with van der Waals surface area (Å²) in [4.78, 5) is 65.4. The number of likely N-dealkylation sites (tertiary alicyclic amines) is 1. The van der Waals surface area contributed by atoms with Gasteiger partial charge in [-0.2, -0.15) is 0 Å². The van der Waals surface area contributed by atoms with Crippen LogP contribution in [0.3, 0.4) is 0 Å². The van der Waals surface area contributed by atoms with Gasteiger partial charge in [-0.3, -0.25) is 4.79 Å². The third-order valence-electron chi connectivity index (χ3n) is 16.9. The number of piperidine rings is 2. The van der Waals surface area contributed by atoms with Crippen LogP contribution < -0.4 is 16.0 Å². The summed E-state index contributed by atoms with van der Waals surface area (Å²) in [6.45, 7) is 8.97. The van der Waals surface area contributed by atoms with Gasteiger partial charge in [-0.05, 0) is 168 Å². The molecular formula is C67H95Cl3N12O5. The molecule has 2 aliphatic carbocycles. The molecule has 2 aromatic carbocycles. The summed E-state index contributed by atoms with van der Waals surface area (Å²) in [6.07, 6.45) is 32.8. The van der Waals surface area contributed by atoms with Crippen LogP contribution in [0.2, 0.25) is 10.0 Å². The molecule has 4 aliphatic rings. The fourth-order valence-corrected chi connectivity index (χ4v) is 12.4. The number of hydrogen-bond acceptors (Lipinski definition) is 14. The van der Waals surface area contributed by atoms with E-state index in [1.54, 1.807) is 38.4 Å². The topological polar surface area (TPSA) is 199 Å².